The predicted octanol–water partition coefficient (Wildman–Crippen LogP) is 6.52. The molecule has 1 heterocycles. The molecule has 1 aromatic heterocycles. The molecule has 0 amide bonds. The summed E-state index contributed by atoms with van der Waals surface area (Å²) in [6.07, 6.45) is 27.3. The second-order valence-corrected chi connectivity index (χ2v) is 9.47. The minimum atomic E-state index is -0.904. The third-order valence-electron chi connectivity index (χ3n) is 6.68. The van der Waals surface area contributed by atoms with E-state index in [4.69, 9.17) is 0 Å². The number of hydrogen-bond donors (Lipinski definition) is 0. The Morgan fingerprint density at radius 3 is 1.52 bits per heavy atom. The Morgan fingerprint density at radius 2 is 1.10 bits per heavy atom. The van der Waals surface area contributed by atoms with Gasteiger partial charge in [-0.15, -0.1) is 0 Å². The molecule has 31 heavy (non-hydrogen) atoms. The number of aromatic nitrogens is 1. The normalized spacial score (nSPS) is 11.2. The van der Waals surface area contributed by atoms with E-state index in [-0.39, 0.29) is 6.42 Å². The number of aryl methyl sites for hydroxylation is 2. The third-order valence-corrected chi connectivity index (χ3v) is 6.68. The van der Waals surface area contributed by atoms with Crippen LogP contribution in [-0.4, -0.2) is 5.97 Å². The first-order valence-corrected chi connectivity index (χ1v) is 13.2. The highest BCUT2D eigenvalue weighted by Gasteiger charge is 2.06. The van der Waals surface area contributed by atoms with Gasteiger partial charge >= 0.3 is 0 Å². The molecule has 0 aliphatic carbocycles. The van der Waals surface area contributed by atoms with Gasteiger partial charge in [0.15, 0.2) is 11.9 Å². The van der Waals surface area contributed by atoms with Gasteiger partial charge in [0, 0.05) is 24.5 Å². The highest BCUT2D eigenvalue weighted by molar-refractivity contribution is 5.64. The van der Waals surface area contributed by atoms with Crippen molar-refractivity contribution in [2.45, 2.75) is 135 Å². The summed E-state index contributed by atoms with van der Waals surface area (Å²) in [6.45, 7) is 2.23. The van der Waals surface area contributed by atoms with Crippen LogP contribution in [0.1, 0.15) is 133 Å². The summed E-state index contributed by atoms with van der Waals surface area (Å²) < 4.78 is 2.23. The lowest BCUT2D eigenvalue weighted by atomic mass is 10.0. The zero-order chi connectivity index (χ0) is 22.6. The Labute approximate surface area is 192 Å². The van der Waals surface area contributed by atoms with Crippen LogP contribution in [-0.2, 0) is 18.3 Å². The molecule has 0 saturated heterocycles. The number of nitrogens with zero attached hydrogens (tertiary/aromatic N) is 1. The van der Waals surface area contributed by atoms with Crippen LogP contribution in [0.5, 0.6) is 0 Å². The van der Waals surface area contributed by atoms with Crippen LogP contribution in [0.25, 0.3) is 0 Å². The Bertz CT molecular complexity index is 570. The van der Waals surface area contributed by atoms with Crippen molar-refractivity contribution < 1.29 is 14.5 Å². The van der Waals surface area contributed by atoms with Gasteiger partial charge in [-0.1, -0.05) is 103 Å². The Hall–Kier alpha value is -1.38. The van der Waals surface area contributed by atoms with E-state index in [2.05, 4.69) is 36.9 Å². The molecule has 178 valence electrons. The minimum absolute atomic E-state index is 0.230. The fourth-order valence-corrected chi connectivity index (χ4v) is 4.42. The molecule has 0 N–H and O–H groups in total. The van der Waals surface area contributed by atoms with Crippen molar-refractivity contribution in [3.8, 4) is 0 Å². The van der Waals surface area contributed by atoms with E-state index >= 15 is 0 Å². The molecule has 3 nitrogen and oxygen atoms in total. The van der Waals surface area contributed by atoms with E-state index < -0.39 is 5.97 Å². The van der Waals surface area contributed by atoms with Crippen LogP contribution in [0.15, 0.2) is 18.3 Å². The molecule has 0 aliphatic rings. The van der Waals surface area contributed by atoms with Crippen molar-refractivity contribution in [3.63, 3.8) is 0 Å². The van der Waals surface area contributed by atoms with E-state index in [0.717, 1.165) is 12.8 Å². The lowest BCUT2D eigenvalue weighted by molar-refractivity contribution is -0.678. The number of aliphatic carboxylic acids is 1. The van der Waals surface area contributed by atoms with Gasteiger partial charge in [0.05, 0.1) is 0 Å². The van der Waals surface area contributed by atoms with Gasteiger partial charge in [0.1, 0.15) is 7.05 Å². The molecule has 0 radical (unpaired) electrons. The lowest BCUT2D eigenvalue weighted by Gasteiger charge is -2.05. The molecule has 1 aromatic rings. The first kappa shape index (κ1) is 27.7. The molecule has 0 bridgehead atoms. The first-order chi connectivity index (χ1) is 15.1. The van der Waals surface area contributed by atoms with Crippen LogP contribution in [0.3, 0.4) is 0 Å². The number of carbonyl (C=O) groups is 1. The Kier molecular flexibility index (Phi) is 17.2. The zero-order valence-electron chi connectivity index (χ0n) is 20.6. The zero-order valence-corrected chi connectivity index (χ0v) is 20.6. The van der Waals surface area contributed by atoms with Crippen molar-refractivity contribution in [3.05, 3.63) is 29.6 Å². The first-order valence-electron chi connectivity index (χ1n) is 13.2. The predicted molar refractivity (Wildman–Crippen MR) is 129 cm³/mol. The van der Waals surface area contributed by atoms with Crippen LogP contribution < -0.4 is 9.67 Å². The van der Waals surface area contributed by atoms with E-state index in [0.29, 0.717) is 0 Å². The summed E-state index contributed by atoms with van der Waals surface area (Å²) in [6, 6.07) is 4.44. The van der Waals surface area contributed by atoms with Crippen molar-refractivity contribution in [2.24, 2.45) is 7.05 Å². The molecule has 3 heteroatoms. The second kappa shape index (κ2) is 19.3. The number of hydrogen-bond acceptors (Lipinski definition) is 2. The number of unbranched alkanes of at least 4 members (excludes halogenated alkanes) is 17. The van der Waals surface area contributed by atoms with Crippen LogP contribution in [0.4, 0.5) is 0 Å². The molecular formula is C28H49NO2. The summed E-state index contributed by atoms with van der Waals surface area (Å²) in [7, 11) is 2.13. The van der Waals surface area contributed by atoms with Crippen molar-refractivity contribution in [1.29, 1.82) is 0 Å². The molecule has 0 fully saturated rings. The summed E-state index contributed by atoms with van der Waals surface area (Å²) in [5, 5.41) is 10.3. The van der Waals surface area contributed by atoms with Gasteiger partial charge in [0.25, 0.3) is 0 Å². The molecule has 0 aromatic carbocycles. The molecule has 0 aliphatic heterocycles. The quantitative estimate of drug-likeness (QED) is 0.164. The number of pyridine rings is 1. The molecule has 0 spiro atoms. The largest absolute Gasteiger partial charge is 0.550 e. The average Bonchev–Trinajstić information content (AvgIpc) is 2.75. The Morgan fingerprint density at radius 1 is 0.710 bits per heavy atom. The summed E-state index contributed by atoms with van der Waals surface area (Å²) in [4.78, 5) is 10.3. The minimum Gasteiger partial charge on any atom is -0.550 e. The van der Waals surface area contributed by atoms with Crippen LogP contribution in [0, 0.1) is 6.92 Å². The van der Waals surface area contributed by atoms with Gasteiger partial charge in [-0.25, -0.2) is 4.57 Å². The van der Waals surface area contributed by atoms with Gasteiger partial charge in [0.2, 0.25) is 0 Å². The van der Waals surface area contributed by atoms with Crippen molar-refractivity contribution in [2.75, 3.05) is 0 Å². The fraction of sp³-hybridized carbons (Fsp3) is 0.786. The highest BCUT2D eigenvalue weighted by Crippen LogP contribution is 2.15. The van der Waals surface area contributed by atoms with Crippen LogP contribution in [0.2, 0.25) is 0 Å². The number of carboxylic acids is 1. The summed E-state index contributed by atoms with van der Waals surface area (Å²) in [5.74, 6) is -0.904. The second-order valence-electron chi connectivity index (χ2n) is 9.47. The van der Waals surface area contributed by atoms with Crippen LogP contribution >= 0.6 is 0 Å². The Balaban J connectivity index is 1.74. The molecule has 0 unspecified atom stereocenters. The maximum absolute atomic E-state index is 10.3. The summed E-state index contributed by atoms with van der Waals surface area (Å²) in [5.41, 5.74) is 2.92. The fourth-order valence-electron chi connectivity index (χ4n) is 4.42. The standard InChI is InChI=1S/C28H49NO2/c1-26-27(23-21-25-29(26)2)22-19-17-15-13-11-9-7-5-3-4-6-8-10-12-14-16-18-20-24-28(30)31/h21,23,25H,3-20,22,24H2,1-2H3. The lowest BCUT2D eigenvalue weighted by Crippen LogP contribution is -2.32. The molecule has 0 atom stereocenters. The van der Waals surface area contributed by atoms with Gasteiger partial charge in [-0.3, -0.25) is 0 Å². The molecular weight excluding hydrogens is 382 g/mol. The number of carboxylic acid groups (broad SMARTS) is 1. The smallest absolute Gasteiger partial charge is 0.181 e. The molecule has 0 saturated carbocycles. The van der Waals surface area contributed by atoms with Crippen molar-refractivity contribution >= 4 is 5.97 Å². The maximum atomic E-state index is 10.3. The van der Waals surface area contributed by atoms with E-state index in [1.807, 2.05) is 0 Å². The van der Waals surface area contributed by atoms with Gasteiger partial charge < -0.3 is 9.90 Å². The molecule has 1 rings (SSSR count). The average molecular weight is 432 g/mol. The van der Waals surface area contributed by atoms with Gasteiger partial charge in [-0.05, 0) is 31.7 Å². The topological polar surface area (TPSA) is 44.0 Å². The number of rotatable bonds is 21. The third kappa shape index (κ3) is 16.0. The SMILES string of the molecule is Cc1c(CCCCCCCCCCCCCCCCCCCCC(=O)[O-])ccc[n+]1C. The number of carbonyl (C=O) groups excluding carboxylic acids is 1. The summed E-state index contributed by atoms with van der Waals surface area (Å²) >= 11 is 0. The van der Waals surface area contributed by atoms with Gasteiger partial charge in [-0.2, -0.15) is 0 Å². The monoisotopic (exact) mass is 431 g/mol. The van der Waals surface area contributed by atoms with E-state index in [9.17, 15) is 9.90 Å². The van der Waals surface area contributed by atoms with E-state index in [1.165, 1.54) is 120 Å². The highest BCUT2D eigenvalue weighted by atomic mass is 16.4. The maximum Gasteiger partial charge on any atom is 0.181 e. The van der Waals surface area contributed by atoms with Crippen molar-refractivity contribution in [1.82, 2.24) is 0 Å². The van der Waals surface area contributed by atoms with E-state index in [1.54, 1.807) is 0 Å².